The van der Waals surface area contributed by atoms with Crippen molar-refractivity contribution in [2.75, 3.05) is 18.1 Å². The summed E-state index contributed by atoms with van der Waals surface area (Å²) in [7, 11) is 0. The van der Waals surface area contributed by atoms with Gasteiger partial charge in [-0.2, -0.15) is 0 Å². The SMILES string of the molecule is C=CCOc1ccc([C@H]2C(=C(O)c3ccc4c(c3)C[C@@H](C)O4)C(=O)C(=O)N2c2nc3ccc(OCC)cc3s2)cc1. The minimum Gasteiger partial charge on any atom is -0.507 e. The van der Waals surface area contributed by atoms with Crippen molar-refractivity contribution in [1.29, 1.82) is 0 Å². The Bertz CT molecular complexity index is 1710. The van der Waals surface area contributed by atoms with Gasteiger partial charge in [-0.3, -0.25) is 14.5 Å². The summed E-state index contributed by atoms with van der Waals surface area (Å²) in [5.74, 6) is 0.275. The topological polar surface area (TPSA) is 98.2 Å². The van der Waals surface area contributed by atoms with Crippen molar-refractivity contribution in [3.05, 3.63) is 95.6 Å². The number of aliphatic hydroxyl groups is 1. The number of rotatable bonds is 8. The number of nitrogens with zero attached hydrogens (tertiary/aromatic N) is 2. The quantitative estimate of drug-likeness (QED) is 0.117. The predicted molar refractivity (Wildman–Crippen MR) is 158 cm³/mol. The molecule has 3 heterocycles. The number of amides is 1. The molecule has 0 radical (unpaired) electrons. The first kappa shape index (κ1) is 26.6. The Morgan fingerprint density at radius 2 is 1.90 bits per heavy atom. The molecule has 2 atom stereocenters. The van der Waals surface area contributed by atoms with E-state index in [4.69, 9.17) is 19.2 Å². The van der Waals surface area contributed by atoms with Gasteiger partial charge >= 0.3 is 5.91 Å². The van der Waals surface area contributed by atoms with E-state index in [9.17, 15) is 14.7 Å². The molecule has 8 nitrogen and oxygen atoms in total. The van der Waals surface area contributed by atoms with E-state index < -0.39 is 17.7 Å². The van der Waals surface area contributed by atoms with Crippen molar-refractivity contribution >= 4 is 44.1 Å². The Hall–Kier alpha value is -4.63. The first-order valence-corrected chi connectivity index (χ1v) is 14.2. The zero-order valence-corrected chi connectivity index (χ0v) is 23.4. The third-order valence-electron chi connectivity index (χ3n) is 7.04. The second kappa shape index (κ2) is 10.7. The van der Waals surface area contributed by atoms with Gasteiger partial charge in [-0.15, -0.1) is 0 Å². The van der Waals surface area contributed by atoms with Gasteiger partial charge in [0.1, 0.15) is 35.7 Å². The summed E-state index contributed by atoms with van der Waals surface area (Å²) in [6, 6.07) is 17.0. The summed E-state index contributed by atoms with van der Waals surface area (Å²) in [5.41, 5.74) is 2.68. The first-order valence-electron chi connectivity index (χ1n) is 13.4. The number of hydrogen-bond acceptors (Lipinski definition) is 8. The van der Waals surface area contributed by atoms with E-state index >= 15 is 0 Å². The number of hydrogen-bond donors (Lipinski definition) is 1. The average molecular weight is 569 g/mol. The summed E-state index contributed by atoms with van der Waals surface area (Å²) in [6.45, 7) is 8.41. The fraction of sp³-hybridized carbons (Fsp3) is 0.219. The highest BCUT2D eigenvalue weighted by molar-refractivity contribution is 7.22. The Morgan fingerprint density at radius 1 is 1.12 bits per heavy atom. The van der Waals surface area contributed by atoms with E-state index in [0.29, 0.717) is 52.9 Å². The maximum atomic E-state index is 13.6. The number of fused-ring (bicyclic) bond motifs is 2. The number of ketones is 1. The van der Waals surface area contributed by atoms with Crippen LogP contribution in [0.1, 0.15) is 36.6 Å². The molecule has 4 aromatic rings. The van der Waals surface area contributed by atoms with Crippen molar-refractivity contribution in [3.63, 3.8) is 0 Å². The van der Waals surface area contributed by atoms with Crippen LogP contribution >= 0.6 is 11.3 Å². The van der Waals surface area contributed by atoms with E-state index in [1.54, 1.807) is 42.5 Å². The fourth-order valence-corrected chi connectivity index (χ4v) is 6.24. The third-order valence-corrected chi connectivity index (χ3v) is 8.06. The van der Waals surface area contributed by atoms with Crippen molar-refractivity contribution in [1.82, 2.24) is 4.98 Å². The van der Waals surface area contributed by atoms with Gasteiger partial charge in [-0.05, 0) is 73.5 Å². The van der Waals surface area contributed by atoms with Gasteiger partial charge in [0.2, 0.25) is 0 Å². The summed E-state index contributed by atoms with van der Waals surface area (Å²) in [5, 5.41) is 11.9. The number of aromatic nitrogens is 1. The molecule has 3 aromatic carbocycles. The van der Waals surface area contributed by atoms with Gasteiger partial charge in [0.15, 0.2) is 5.13 Å². The highest BCUT2D eigenvalue weighted by Crippen LogP contribution is 2.45. The van der Waals surface area contributed by atoms with Crippen LogP contribution in [0.15, 0.2) is 78.9 Å². The number of carbonyl (C=O) groups is 2. The predicted octanol–water partition coefficient (Wildman–Crippen LogP) is 6.21. The zero-order chi connectivity index (χ0) is 28.7. The molecule has 0 spiro atoms. The molecule has 0 unspecified atom stereocenters. The van der Waals surface area contributed by atoms with Crippen LogP contribution in [0.2, 0.25) is 0 Å². The Balaban J connectivity index is 1.48. The minimum atomic E-state index is -0.904. The van der Waals surface area contributed by atoms with Crippen LogP contribution in [0.3, 0.4) is 0 Å². The number of anilines is 1. The number of aliphatic hydroxyl groups excluding tert-OH is 1. The molecule has 0 saturated carbocycles. The van der Waals surface area contributed by atoms with Crippen LogP contribution in [-0.2, 0) is 16.0 Å². The molecule has 1 amide bonds. The number of benzene rings is 3. The average Bonchev–Trinajstić information content (AvgIpc) is 3.64. The second-order valence-electron chi connectivity index (χ2n) is 9.85. The number of thiazole rings is 1. The van der Waals surface area contributed by atoms with Gasteiger partial charge in [0, 0.05) is 12.0 Å². The van der Waals surface area contributed by atoms with Crippen LogP contribution < -0.4 is 19.1 Å². The molecule has 0 bridgehead atoms. The number of ether oxygens (including phenoxy) is 3. The number of Topliss-reactive ketones (excluding diaryl/α,β-unsaturated/α-hetero) is 1. The Kier molecular flexibility index (Phi) is 6.96. The van der Waals surface area contributed by atoms with Crippen LogP contribution in [0.4, 0.5) is 5.13 Å². The van der Waals surface area contributed by atoms with E-state index in [2.05, 4.69) is 6.58 Å². The second-order valence-corrected chi connectivity index (χ2v) is 10.9. The highest BCUT2D eigenvalue weighted by atomic mass is 32.1. The van der Waals surface area contributed by atoms with E-state index in [1.807, 2.05) is 38.1 Å². The Morgan fingerprint density at radius 3 is 2.66 bits per heavy atom. The van der Waals surface area contributed by atoms with E-state index in [0.717, 1.165) is 16.0 Å². The van der Waals surface area contributed by atoms with Crippen LogP contribution in [0.5, 0.6) is 17.2 Å². The molecule has 41 heavy (non-hydrogen) atoms. The van der Waals surface area contributed by atoms with E-state index in [1.165, 1.54) is 16.2 Å². The monoisotopic (exact) mass is 568 g/mol. The Labute approximate surface area is 241 Å². The molecule has 1 N–H and O–H groups in total. The largest absolute Gasteiger partial charge is 0.507 e. The van der Waals surface area contributed by atoms with Crippen LogP contribution in [-0.4, -0.2) is 41.1 Å². The van der Waals surface area contributed by atoms with Gasteiger partial charge in [0.25, 0.3) is 5.78 Å². The smallest absolute Gasteiger partial charge is 0.301 e. The maximum absolute atomic E-state index is 13.6. The van der Waals surface area contributed by atoms with E-state index in [-0.39, 0.29) is 17.4 Å². The maximum Gasteiger partial charge on any atom is 0.301 e. The minimum absolute atomic E-state index is 0.00376. The summed E-state index contributed by atoms with van der Waals surface area (Å²) in [6.07, 6.45) is 2.36. The lowest BCUT2D eigenvalue weighted by molar-refractivity contribution is -0.132. The molecule has 6 rings (SSSR count). The third kappa shape index (κ3) is 4.82. The molecule has 9 heteroatoms. The highest BCUT2D eigenvalue weighted by Gasteiger charge is 2.48. The molecule has 2 aliphatic heterocycles. The normalized spacial score (nSPS) is 19.3. The molecule has 1 fully saturated rings. The fourth-order valence-electron chi connectivity index (χ4n) is 5.22. The van der Waals surface area contributed by atoms with Crippen LogP contribution in [0, 0.1) is 0 Å². The van der Waals surface area contributed by atoms with Gasteiger partial charge in [-0.25, -0.2) is 4.98 Å². The molecular formula is C32H28N2O6S. The first-order chi connectivity index (χ1) is 19.9. The lowest BCUT2D eigenvalue weighted by Crippen LogP contribution is -2.29. The van der Waals surface area contributed by atoms with Crippen molar-refractivity contribution in [2.24, 2.45) is 0 Å². The summed E-state index contributed by atoms with van der Waals surface area (Å²) < 4.78 is 17.9. The summed E-state index contributed by atoms with van der Waals surface area (Å²) in [4.78, 5) is 33.3. The van der Waals surface area contributed by atoms with Crippen LogP contribution in [0.25, 0.3) is 16.0 Å². The molecule has 208 valence electrons. The van der Waals surface area contributed by atoms with Gasteiger partial charge in [0.05, 0.1) is 28.4 Å². The van der Waals surface area contributed by atoms with Crippen molar-refractivity contribution in [2.45, 2.75) is 32.4 Å². The lowest BCUT2D eigenvalue weighted by Gasteiger charge is -2.23. The van der Waals surface area contributed by atoms with Gasteiger partial charge < -0.3 is 19.3 Å². The zero-order valence-electron chi connectivity index (χ0n) is 22.6. The molecule has 2 aliphatic rings. The molecular weight excluding hydrogens is 540 g/mol. The van der Waals surface area contributed by atoms with Crippen molar-refractivity contribution in [3.8, 4) is 17.2 Å². The van der Waals surface area contributed by atoms with Crippen molar-refractivity contribution < 1.29 is 28.9 Å². The molecule has 1 aromatic heterocycles. The van der Waals surface area contributed by atoms with Gasteiger partial charge in [-0.1, -0.05) is 36.1 Å². The number of carbonyl (C=O) groups excluding carboxylic acids is 2. The standard InChI is InChI=1S/C32H28N2O6S/c1-4-14-39-22-9-6-19(7-10-22)28-27(29(35)20-8-13-25-21(16-20)15-18(3)40-25)30(36)31(37)34(28)32-33-24-12-11-23(38-5-2)17-26(24)41-32/h4,6-13,16-18,28,35H,1,5,14-15H2,2-3H3/t18-,28+/m1/s1. The lowest BCUT2D eigenvalue weighted by atomic mass is 9.94. The summed E-state index contributed by atoms with van der Waals surface area (Å²) >= 11 is 1.28. The molecule has 1 saturated heterocycles. The molecule has 0 aliphatic carbocycles.